The number of H-pyrrole nitrogens is 1. The van der Waals surface area contributed by atoms with E-state index in [4.69, 9.17) is 11.6 Å². The monoisotopic (exact) mass is 568 g/mol. The highest BCUT2D eigenvalue weighted by Crippen LogP contribution is 2.36. The standard InChI is InChI=1S/C29H33ClN4O4S/c1-5-34(6-2)14-13-31-29(36)27-18(3)26(32-19(27)4)16-23-22-15-21(11-12-25(22)33-28(23)35)39(37,38)17-20-9-7-8-10-24(20)30/h7-12,15-16,32H,5-6,13-14,17H2,1-4H3,(H,31,36)(H,33,35)/b23-16-. The Labute approximate surface area is 234 Å². The van der Waals surface area contributed by atoms with Crippen molar-refractivity contribution in [2.75, 3.05) is 31.5 Å². The van der Waals surface area contributed by atoms with Gasteiger partial charge in [-0.2, -0.15) is 0 Å². The Bertz CT molecular complexity index is 1560. The predicted molar refractivity (Wildman–Crippen MR) is 156 cm³/mol. The minimum atomic E-state index is -3.73. The Hall–Kier alpha value is -3.40. The van der Waals surface area contributed by atoms with Crippen molar-refractivity contribution in [3.05, 3.63) is 81.1 Å². The first-order chi connectivity index (χ1) is 18.6. The number of carbonyl (C=O) groups excluding carboxylic acids is 2. The molecule has 0 aliphatic carbocycles. The molecule has 3 aromatic rings. The fourth-order valence-corrected chi connectivity index (χ4v) is 6.45. The smallest absolute Gasteiger partial charge is 0.256 e. The third kappa shape index (κ3) is 6.11. The largest absolute Gasteiger partial charge is 0.358 e. The van der Waals surface area contributed by atoms with E-state index in [1.807, 2.05) is 13.8 Å². The minimum Gasteiger partial charge on any atom is -0.358 e. The molecule has 39 heavy (non-hydrogen) atoms. The summed E-state index contributed by atoms with van der Waals surface area (Å²) in [6, 6.07) is 11.4. The molecule has 0 unspecified atom stereocenters. The summed E-state index contributed by atoms with van der Waals surface area (Å²) in [5, 5.41) is 6.16. The van der Waals surface area contributed by atoms with Gasteiger partial charge in [-0.1, -0.05) is 43.6 Å². The van der Waals surface area contributed by atoms with Crippen molar-refractivity contribution in [3.63, 3.8) is 0 Å². The third-order valence-electron chi connectivity index (χ3n) is 7.04. The van der Waals surface area contributed by atoms with Gasteiger partial charge in [-0.05, 0) is 68.4 Å². The van der Waals surface area contributed by atoms with Gasteiger partial charge in [0.15, 0.2) is 9.84 Å². The van der Waals surface area contributed by atoms with Gasteiger partial charge in [-0.25, -0.2) is 8.42 Å². The van der Waals surface area contributed by atoms with Gasteiger partial charge in [0, 0.05) is 40.8 Å². The average Bonchev–Trinajstić information content (AvgIpc) is 3.36. The highest BCUT2D eigenvalue weighted by Gasteiger charge is 2.28. The van der Waals surface area contributed by atoms with Gasteiger partial charge < -0.3 is 20.5 Å². The molecule has 0 saturated carbocycles. The maximum Gasteiger partial charge on any atom is 0.256 e. The summed E-state index contributed by atoms with van der Waals surface area (Å²) in [6.45, 7) is 10.9. The van der Waals surface area contributed by atoms with Crippen molar-refractivity contribution >= 4 is 50.6 Å². The number of nitrogens with zero attached hydrogens (tertiary/aromatic N) is 1. The Balaban J connectivity index is 1.62. The number of aromatic amines is 1. The van der Waals surface area contributed by atoms with E-state index in [0.717, 1.165) is 19.6 Å². The normalized spacial score (nSPS) is 14.1. The molecule has 2 heterocycles. The Morgan fingerprint density at radius 1 is 1.10 bits per heavy atom. The molecule has 8 nitrogen and oxygen atoms in total. The molecule has 0 bridgehead atoms. The van der Waals surface area contributed by atoms with Crippen molar-refractivity contribution in [2.45, 2.75) is 38.3 Å². The fourth-order valence-electron chi connectivity index (χ4n) is 4.77. The number of hydrogen-bond donors (Lipinski definition) is 3. The van der Waals surface area contributed by atoms with Crippen LogP contribution in [0.2, 0.25) is 5.02 Å². The number of benzene rings is 2. The van der Waals surface area contributed by atoms with E-state index in [-0.39, 0.29) is 22.5 Å². The first kappa shape index (κ1) is 28.6. The molecule has 0 radical (unpaired) electrons. The molecule has 3 N–H and O–H groups in total. The predicted octanol–water partition coefficient (Wildman–Crippen LogP) is 4.82. The summed E-state index contributed by atoms with van der Waals surface area (Å²) in [5.41, 5.74) is 4.39. The Morgan fingerprint density at radius 2 is 1.82 bits per heavy atom. The maximum absolute atomic E-state index is 13.2. The number of hydrogen-bond acceptors (Lipinski definition) is 5. The Morgan fingerprint density at radius 3 is 2.51 bits per heavy atom. The summed E-state index contributed by atoms with van der Waals surface area (Å²) in [5.74, 6) is -0.780. The van der Waals surface area contributed by atoms with Gasteiger partial charge in [0.05, 0.1) is 21.8 Å². The van der Waals surface area contributed by atoms with E-state index in [2.05, 4.69) is 34.4 Å². The van der Waals surface area contributed by atoms with Gasteiger partial charge in [0.1, 0.15) is 0 Å². The van der Waals surface area contributed by atoms with Crippen molar-refractivity contribution in [3.8, 4) is 0 Å². The number of nitrogens with one attached hydrogen (secondary N) is 3. The fraction of sp³-hybridized carbons (Fsp3) is 0.310. The zero-order chi connectivity index (χ0) is 28.3. The number of sulfone groups is 1. The second-order valence-electron chi connectivity index (χ2n) is 9.52. The summed E-state index contributed by atoms with van der Waals surface area (Å²) in [7, 11) is -3.73. The first-order valence-corrected chi connectivity index (χ1v) is 14.9. The van der Waals surface area contributed by atoms with Crippen LogP contribution in [0.3, 0.4) is 0 Å². The van der Waals surface area contributed by atoms with Gasteiger partial charge >= 0.3 is 0 Å². The molecular formula is C29H33ClN4O4S. The lowest BCUT2D eigenvalue weighted by molar-refractivity contribution is -0.110. The molecule has 2 amide bonds. The maximum atomic E-state index is 13.2. The third-order valence-corrected chi connectivity index (χ3v) is 9.07. The van der Waals surface area contributed by atoms with Crippen LogP contribution >= 0.6 is 11.6 Å². The number of fused-ring (bicyclic) bond motifs is 1. The number of halogens is 1. The molecule has 206 valence electrons. The molecule has 0 fully saturated rings. The highest BCUT2D eigenvalue weighted by molar-refractivity contribution is 7.90. The summed E-state index contributed by atoms with van der Waals surface area (Å²) >= 11 is 6.19. The molecule has 10 heteroatoms. The van der Waals surface area contributed by atoms with Crippen LogP contribution in [0.15, 0.2) is 47.4 Å². The number of aromatic nitrogens is 1. The van der Waals surface area contributed by atoms with Crippen LogP contribution in [-0.4, -0.2) is 56.3 Å². The molecule has 1 aliphatic heterocycles. The number of carbonyl (C=O) groups is 2. The molecule has 1 aromatic heterocycles. The van der Waals surface area contributed by atoms with Gasteiger partial charge in [0.25, 0.3) is 11.8 Å². The molecule has 0 spiro atoms. The summed E-state index contributed by atoms with van der Waals surface area (Å²) in [4.78, 5) is 31.4. The van der Waals surface area contributed by atoms with Crippen molar-refractivity contribution in [2.24, 2.45) is 0 Å². The minimum absolute atomic E-state index is 0.0937. The van der Waals surface area contributed by atoms with Crippen LogP contribution in [0.25, 0.3) is 11.6 Å². The Kier molecular flexibility index (Phi) is 8.64. The second-order valence-corrected chi connectivity index (χ2v) is 11.9. The van der Waals surface area contributed by atoms with Crippen LogP contribution in [0, 0.1) is 13.8 Å². The number of rotatable bonds is 10. The zero-order valence-corrected chi connectivity index (χ0v) is 24.1. The van der Waals surface area contributed by atoms with Crippen LogP contribution in [0.5, 0.6) is 0 Å². The lowest BCUT2D eigenvalue weighted by Gasteiger charge is -2.18. The number of anilines is 1. The highest BCUT2D eigenvalue weighted by atomic mass is 35.5. The molecular weight excluding hydrogens is 536 g/mol. The van der Waals surface area contributed by atoms with Crippen molar-refractivity contribution < 1.29 is 18.0 Å². The van der Waals surface area contributed by atoms with E-state index in [1.165, 1.54) is 12.1 Å². The van der Waals surface area contributed by atoms with Gasteiger partial charge in [-0.15, -0.1) is 0 Å². The topological polar surface area (TPSA) is 111 Å². The molecule has 0 atom stereocenters. The second kappa shape index (κ2) is 11.8. The van der Waals surface area contributed by atoms with Crippen molar-refractivity contribution in [1.82, 2.24) is 15.2 Å². The average molecular weight is 569 g/mol. The summed E-state index contributed by atoms with van der Waals surface area (Å²) < 4.78 is 26.4. The zero-order valence-electron chi connectivity index (χ0n) is 22.5. The molecule has 4 rings (SSSR count). The number of aryl methyl sites for hydroxylation is 1. The SMILES string of the molecule is CCN(CC)CCNC(=O)c1c(C)[nH]c(/C=C2\C(=O)Nc3ccc(S(=O)(=O)Cc4ccccc4Cl)cc32)c1C. The lowest BCUT2D eigenvalue weighted by Crippen LogP contribution is -2.35. The number of likely N-dealkylation sites (N-methyl/N-ethyl adjacent to an activating group) is 1. The van der Waals surface area contributed by atoms with Crippen LogP contribution in [0.4, 0.5) is 5.69 Å². The van der Waals surface area contributed by atoms with E-state index in [9.17, 15) is 18.0 Å². The molecule has 0 saturated heterocycles. The van der Waals surface area contributed by atoms with Crippen LogP contribution in [-0.2, 0) is 20.4 Å². The van der Waals surface area contributed by atoms with E-state index in [1.54, 1.807) is 36.4 Å². The van der Waals surface area contributed by atoms with Crippen LogP contribution in [0.1, 0.15) is 52.3 Å². The lowest BCUT2D eigenvalue weighted by atomic mass is 10.0. The van der Waals surface area contributed by atoms with E-state index in [0.29, 0.717) is 56.5 Å². The van der Waals surface area contributed by atoms with Crippen molar-refractivity contribution in [1.29, 1.82) is 0 Å². The van der Waals surface area contributed by atoms with Gasteiger partial charge in [0.2, 0.25) is 0 Å². The van der Waals surface area contributed by atoms with E-state index < -0.39 is 9.84 Å². The summed E-state index contributed by atoms with van der Waals surface area (Å²) in [6.07, 6.45) is 1.67. The van der Waals surface area contributed by atoms with E-state index >= 15 is 0 Å². The first-order valence-electron chi connectivity index (χ1n) is 12.9. The number of amides is 2. The molecule has 1 aliphatic rings. The molecule has 2 aromatic carbocycles. The quantitative estimate of drug-likeness (QED) is 0.304. The van der Waals surface area contributed by atoms with Gasteiger partial charge in [-0.3, -0.25) is 9.59 Å². The van der Waals surface area contributed by atoms with Crippen LogP contribution < -0.4 is 10.6 Å².